The van der Waals surface area contributed by atoms with E-state index in [9.17, 15) is 9.59 Å². The molecule has 1 saturated heterocycles. The van der Waals surface area contributed by atoms with Crippen molar-refractivity contribution in [3.8, 4) is 0 Å². The number of aliphatic hydroxyl groups is 1. The van der Waals surface area contributed by atoms with Gasteiger partial charge < -0.3 is 20.2 Å². The van der Waals surface area contributed by atoms with Crippen LogP contribution in [0, 0.1) is 6.92 Å². The van der Waals surface area contributed by atoms with E-state index in [1.165, 1.54) is 0 Å². The minimum Gasteiger partial charge on any atom is -0.456 e. The summed E-state index contributed by atoms with van der Waals surface area (Å²) < 4.78 is 5.39. The molecular formula is C15H20N2O4. The number of carbonyl (C=O) groups excluding carboxylic acids is 2. The first-order valence-electron chi connectivity index (χ1n) is 7.36. The Bertz CT molecular complexity index is 574. The lowest BCUT2D eigenvalue weighted by Crippen LogP contribution is -2.68. The van der Waals surface area contributed by atoms with Gasteiger partial charge in [0, 0.05) is 12.0 Å². The van der Waals surface area contributed by atoms with Crippen molar-refractivity contribution < 1.29 is 19.1 Å². The summed E-state index contributed by atoms with van der Waals surface area (Å²) in [5.41, 5.74) is 0.349. The summed E-state index contributed by atoms with van der Waals surface area (Å²) in [7, 11) is 0. The molecule has 0 aromatic carbocycles. The van der Waals surface area contributed by atoms with Crippen LogP contribution in [0.5, 0.6) is 0 Å². The average molecular weight is 292 g/mol. The van der Waals surface area contributed by atoms with Crippen LogP contribution in [0.4, 0.5) is 0 Å². The lowest BCUT2D eigenvalue weighted by Gasteiger charge is -2.50. The SMILES string of the molecule is Cc1oc(C(=O)NC2CCC(=O)NC23CCC3)cc1CO. The molecule has 3 N–H and O–H groups in total. The number of hydrogen-bond acceptors (Lipinski definition) is 4. The molecule has 21 heavy (non-hydrogen) atoms. The van der Waals surface area contributed by atoms with E-state index in [1.54, 1.807) is 13.0 Å². The van der Waals surface area contributed by atoms with Crippen molar-refractivity contribution in [2.75, 3.05) is 0 Å². The molecule has 1 unspecified atom stereocenters. The van der Waals surface area contributed by atoms with Gasteiger partial charge in [-0.1, -0.05) is 0 Å². The molecule has 2 amide bonds. The predicted octanol–water partition coefficient (Wildman–Crippen LogP) is 1.01. The first-order chi connectivity index (χ1) is 10.0. The highest BCUT2D eigenvalue weighted by molar-refractivity contribution is 5.92. The number of amides is 2. The van der Waals surface area contributed by atoms with Gasteiger partial charge in [0.25, 0.3) is 5.91 Å². The molecule has 2 aliphatic rings. The van der Waals surface area contributed by atoms with Gasteiger partial charge in [0.1, 0.15) is 5.76 Å². The van der Waals surface area contributed by atoms with Crippen molar-refractivity contribution in [3.05, 3.63) is 23.2 Å². The van der Waals surface area contributed by atoms with Crippen molar-refractivity contribution in [1.29, 1.82) is 0 Å². The summed E-state index contributed by atoms with van der Waals surface area (Å²) in [6, 6.07) is 1.51. The van der Waals surface area contributed by atoms with E-state index in [0.717, 1.165) is 19.3 Å². The second-order valence-electron chi connectivity index (χ2n) is 5.97. The first kappa shape index (κ1) is 14.1. The molecule has 1 spiro atoms. The van der Waals surface area contributed by atoms with Crippen molar-refractivity contribution in [2.45, 2.75) is 57.2 Å². The molecule has 0 bridgehead atoms. The monoisotopic (exact) mass is 292 g/mol. The number of aryl methyl sites for hydroxylation is 1. The maximum Gasteiger partial charge on any atom is 0.287 e. The van der Waals surface area contributed by atoms with Crippen LogP contribution in [-0.2, 0) is 11.4 Å². The van der Waals surface area contributed by atoms with Crippen LogP contribution in [0.15, 0.2) is 10.5 Å². The lowest BCUT2D eigenvalue weighted by molar-refractivity contribution is -0.127. The Morgan fingerprint density at radius 2 is 2.33 bits per heavy atom. The van der Waals surface area contributed by atoms with E-state index in [1.807, 2.05) is 0 Å². The highest BCUT2D eigenvalue weighted by Gasteiger charge is 2.48. The van der Waals surface area contributed by atoms with E-state index < -0.39 is 0 Å². The number of piperidine rings is 1. The molecule has 1 aromatic heterocycles. The third kappa shape index (κ3) is 2.44. The molecule has 6 heteroatoms. The molecule has 3 rings (SSSR count). The Morgan fingerprint density at radius 1 is 1.57 bits per heavy atom. The van der Waals surface area contributed by atoms with Gasteiger partial charge in [0.05, 0.1) is 18.2 Å². The first-order valence-corrected chi connectivity index (χ1v) is 7.36. The molecular weight excluding hydrogens is 272 g/mol. The summed E-state index contributed by atoms with van der Waals surface area (Å²) in [5, 5.41) is 15.2. The van der Waals surface area contributed by atoms with Gasteiger partial charge in [-0.2, -0.15) is 0 Å². The summed E-state index contributed by atoms with van der Waals surface area (Å²) in [4.78, 5) is 23.9. The van der Waals surface area contributed by atoms with E-state index in [0.29, 0.717) is 24.2 Å². The van der Waals surface area contributed by atoms with E-state index in [4.69, 9.17) is 9.52 Å². The maximum atomic E-state index is 12.3. The lowest BCUT2D eigenvalue weighted by atomic mass is 9.68. The van der Waals surface area contributed by atoms with Crippen molar-refractivity contribution >= 4 is 11.8 Å². The molecule has 2 fully saturated rings. The normalized spacial score (nSPS) is 23.5. The predicted molar refractivity (Wildman–Crippen MR) is 74.6 cm³/mol. The molecule has 6 nitrogen and oxygen atoms in total. The number of furan rings is 1. The van der Waals surface area contributed by atoms with Crippen LogP contribution in [0.1, 0.15) is 54.0 Å². The number of carbonyl (C=O) groups is 2. The zero-order valence-corrected chi connectivity index (χ0v) is 12.1. The quantitative estimate of drug-likeness (QED) is 0.775. The van der Waals surface area contributed by atoms with Gasteiger partial charge in [-0.25, -0.2) is 0 Å². The second kappa shape index (κ2) is 5.18. The van der Waals surface area contributed by atoms with Crippen LogP contribution < -0.4 is 10.6 Å². The zero-order valence-electron chi connectivity index (χ0n) is 12.1. The fraction of sp³-hybridized carbons (Fsp3) is 0.600. The van der Waals surface area contributed by atoms with E-state index >= 15 is 0 Å². The van der Waals surface area contributed by atoms with Gasteiger partial charge >= 0.3 is 0 Å². The van der Waals surface area contributed by atoms with Gasteiger partial charge in [0.2, 0.25) is 5.91 Å². The topological polar surface area (TPSA) is 91.6 Å². The number of rotatable bonds is 3. The molecule has 1 atom stereocenters. The minimum atomic E-state index is -0.287. The van der Waals surface area contributed by atoms with Crippen molar-refractivity contribution in [3.63, 3.8) is 0 Å². The Balaban J connectivity index is 1.72. The molecule has 1 aliphatic carbocycles. The van der Waals surface area contributed by atoms with Crippen LogP contribution in [0.25, 0.3) is 0 Å². The second-order valence-corrected chi connectivity index (χ2v) is 5.97. The number of nitrogens with one attached hydrogen (secondary N) is 2. The van der Waals surface area contributed by atoms with Crippen LogP contribution in [-0.4, -0.2) is 28.5 Å². The Morgan fingerprint density at radius 3 is 2.90 bits per heavy atom. The molecule has 0 radical (unpaired) electrons. The molecule has 1 saturated carbocycles. The van der Waals surface area contributed by atoms with Crippen molar-refractivity contribution in [1.82, 2.24) is 10.6 Å². The molecule has 114 valence electrons. The molecule has 1 aliphatic heterocycles. The molecule has 1 aromatic rings. The van der Waals surface area contributed by atoms with Gasteiger partial charge in [0.15, 0.2) is 5.76 Å². The highest BCUT2D eigenvalue weighted by Crippen LogP contribution is 2.39. The summed E-state index contributed by atoms with van der Waals surface area (Å²) in [5.74, 6) is 0.544. The zero-order chi connectivity index (χ0) is 15.0. The standard InChI is InChI=1S/C15H20N2O4/c1-9-10(8-18)7-11(21-9)14(20)16-12-3-4-13(19)17-15(12)5-2-6-15/h7,12,18H,2-6,8H2,1H3,(H,16,20)(H,17,19). The van der Waals surface area contributed by atoms with Crippen molar-refractivity contribution in [2.24, 2.45) is 0 Å². The third-order valence-electron chi connectivity index (χ3n) is 4.68. The largest absolute Gasteiger partial charge is 0.456 e. The van der Waals surface area contributed by atoms with Crippen LogP contribution in [0.3, 0.4) is 0 Å². The minimum absolute atomic E-state index is 0.0561. The maximum absolute atomic E-state index is 12.3. The highest BCUT2D eigenvalue weighted by atomic mass is 16.4. The van der Waals surface area contributed by atoms with Gasteiger partial charge in [-0.3, -0.25) is 9.59 Å². The summed E-state index contributed by atoms with van der Waals surface area (Å²) in [6.45, 7) is 1.57. The van der Waals surface area contributed by atoms with Crippen LogP contribution >= 0.6 is 0 Å². The van der Waals surface area contributed by atoms with E-state index in [2.05, 4.69) is 10.6 Å². The fourth-order valence-electron chi connectivity index (χ4n) is 3.24. The van der Waals surface area contributed by atoms with Gasteiger partial charge in [-0.15, -0.1) is 0 Å². The number of hydrogen-bond donors (Lipinski definition) is 3. The molecule has 2 heterocycles. The summed E-state index contributed by atoms with van der Waals surface area (Å²) >= 11 is 0. The Kier molecular flexibility index (Phi) is 3.49. The average Bonchev–Trinajstić information content (AvgIpc) is 2.80. The fourth-order valence-corrected chi connectivity index (χ4v) is 3.24. The summed E-state index contributed by atoms with van der Waals surface area (Å²) in [6.07, 6.45) is 3.97. The Hall–Kier alpha value is -1.82. The van der Waals surface area contributed by atoms with Gasteiger partial charge in [-0.05, 0) is 38.7 Å². The Labute approximate surface area is 122 Å². The smallest absolute Gasteiger partial charge is 0.287 e. The third-order valence-corrected chi connectivity index (χ3v) is 4.68. The number of aliphatic hydroxyl groups excluding tert-OH is 1. The van der Waals surface area contributed by atoms with E-state index in [-0.39, 0.29) is 35.8 Å². The van der Waals surface area contributed by atoms with Crippen LogP contribution in [0.2, 0.25) is 0 Å².